The van der Waals surface area contributed by atoms with E-state index in [1.807, 2.05) is 0 Å². The summed E-state index contributed by atoms with van der Waals surface area (Å²) in [5, 5.41) is 0. The maximum Gasteiger partial charge on any atom is 0.351 e. The van der Waals surface area contributed by atoms with E-state index in [4.69, 9.17) is 198 Å². The minimum absolute atomic E-state index is 0.0181. The Kier molecular flexibility index (Phi) is 31.7. The Bertz CT molecular complexity index is 7620. The number of nitrogens with one attached hydrogen (secondary N) is 3. The minimum Gasteiger partial charge on any atom is -0.780 e. The second-order valence-electron chi connectivity index (χ2n) is 33.8. The number of ether oxygens (including phenoxy) is 7. The van der Waals surface area contributed by atoms with E-state index in [1.54, 1.807) is 13.8 Å². The Morgan fingerprint density at radius 2 is 0.664 bits per heavy atom. The summed E-state index contributed by atoms with van der Waals surface area (Å²) < 4.78 is 144. The van der Waals surface area contributed by atoms with Crippen molar-refractivity contribution in [3.8, 4) is 0 Å². The number of fused-ring (bicyclic) bond motifs is 4. The first-order chi connectivity index (χ1) is 68.8. The summed E-state index contributed by atoms with van der Waals surface area (Å²) in [7, 11) is 0. The van der Waals surface area contributed by atoms with Gasteiger partial charge in [0.15, 0.2) is 52.1 Å². The second kappa shape index (κ2) is 42.8. The van der Waals surface area contributed by atoms with Crippen molar-refractivity contribution in [3.63, 3.8) is 0 Å². The van der Waals surface area contributed by atoms with Gasteiger partial charge in [0.2, 0.25) is 11.9 Å². The monoisotopic (exact) mass is 2300 g/mol. The zero-order valence-electron chi connectivity index (χ0n) is 75.4. The normalized spacial score (nSPS) is 29.5. The first-order valence-corrected chi connectivity index (χ1v) is 61.2. The average molecular weight is 2300 g/mol. The van der Waals surface area contributed by atoms with Crippen molar-refractivity contribution < 1.29 is 131 Å². The Morgan fingerprint density at radius 1 is 0.370 bits per heavy atom. The number of H-pyrrole nitrogens is 3. The lowest BCUT2D eigenvalue weighted by Gasteiger charge is -2.36. The van der Waals surface area contributed by atoms with Crippen LogP contribution in [0.1, 0.15) is 112 Å². The predicted molar refractivity (Wildman–Crippen MR) is 514 cm³/mol. The first-order valence-electron chi connectivity index (χ1n) is 43.3. The Labute approximate surface area is 853 Å². The zero-order valence-corrected chi connectivity index (χ0v) is 87.4. The van der Waals surface area contributed by atoms with E-state index >= 15 is 9.79 Å². The number of aryl methyl sites for hydroxylation is 3. The van der Waals surface area contributed by atoms with Gasteiger partial charge in [0.1, 0.15) is 156 Å². The second-order valence-corrected chi connectivity index (χ2v) is 52.6. The summed E-state index contributed by atoms with van der Waals surface area (Å²) in [5.41, 5.74) is 32.0. The Morgan fingerprint density at radius 3 is 1.03 bits per heavy atom. The van der Waals surface area contributed by atoms with Gasteiger partial charge in [-0.05, 0) is 27.7 Å². The highest BCUT2D eigenvalue weighted by molar-refractivity contribution is 8.32. The number of nitrogens with two attached hydrogens (primary N) is 6. The van der Waals surface area contributed by atoms with E-state index < -0.39 is 269 Å². The number of rotatable bonds is 39. The molecule has 7 aliphatic heterocycles. The lowest BCUT2D eigenvalue weighted by Crippen LogP contribution is -2.34. The van der Waals surface area contributed by atoms with E-state index in [0.29, 0.717) is 11.1 Å². The molecule has 7 unspecified atom stereocenters. The van der Waals surface area contributed by atoms with E-state index in [-0.39, 0.29) is 111 Å². The topological polar surface area (TPSA) is 855 Å². The van der Waals surface area contributed by atoms with Crippen LogP contribution in [0.2, 0.25) is 0 Å². The van der Waals surface area contributed by atoms with Crippen LogP contribution in [0.4, 0.5) is 35.2 Å². The molecule has 7 saturated heterocycles. The van der Waals surface area contributed by atoms with Crippen molar-refractivity contribution in [2.45, 2.75) is 202 Å². The van der Waals surface area contributed by atoms with E-state index in [2.05, 4.69) is 86.6 Å². The van der Waals surface area contributed by atoms with Crippen LogP contribution in [-0.4, -0.2) is 237 Å². The first kappa shape index (κ1) is 108. The molecule has 7 fully saturated rings. The van der Waals surface area contributed by atoms with Crippen molar-refractivity contribution >= 4 is 210 Å². The van der Waals surface area contributed by atoms with Gasteiger partial charge in [-0.15, -0.1) is 0 Å². The highest BCUT2D eigenvalue weighted by Crippen LogP contribution is 2.57. The van der Waals surface area contributed by atoms with Crippen molar-refractivity contribution in [3.05, 3.63) is 136 Å². The van der Waals surface area contributed by atoms with Gasteiger partial charge in [-0.1, -0.05) is 70.8 Å². The lowest BCUT2D eigenvalue weighted by atomic mass is 10.2. The van der Waals surface area contributed by atoms with Crippen molar-refractivity contribution in [1.29, 1.82) is 0 Å². The third kappa shape index (κ3) is 24.5. The molecule has 18 rings (SSSR count). The van der Waals surface area contributed by atoms with Crippen LogP contribution in [0.3, 0.4) is 0 Å². The number of imidazole rings is 4. The fourth-order valence-electron chi connectivity index (χ4n) is 17.1. The SMILES string of the molecule is Cc1cn([C@H]2C[C@@H](OP(=O)([S-])OC[C@H]3O[C@@H](n4cc(C)c(N)nc4=O)C[C@H]3OP([O-])(=S)OC[C@H]3O[C@@H](n4cnc5c(N)ncnc54)C[C@H]3OP([O-])(=S)OC[C@H]3O[C@@H](n4cnc5c(=O)[nH]c(N)nc54)C[C@H]3OP([O-])(=S)OC[C@H]3O[C@@H](n4cc(C)c(=O)[nH]c4=O)C[C@H]3OP([O-])(=S)OC[C@H]3O[C@@H](n4cnc5c(N)ncnc54)C[C@H]3OP([O-])(O)=S)[C@@H](COP([O-])(=S)O[C@@H]3C[C@H](n4cnc5c(=O)[nH]c(N)nc54)O[C@@H]3C)O2)c(=O)nc1N. The molecular weight excluding hydrogens is 2220 g/mol. The predicted octanol–water partition coefficient (Wildman–Crippen LogP) is -3.60. The third-order valence-electron chi connectivity index (χ3n) is 24.0. The Hall–Kier alpha value is -7.56. The van der Waals surface area contributed by atoms with E-state index in [1.165, 1.54) is 69.8 Å². The third-order valence-corrected chi connectivity index (χ3v) is 34.2. The van der Waals surface area contributed by atoms with Gasteiger partial charge < -0.3 is 173 Å². The van der Waals surface area contributed by atoms with Gasteiger partial charge in [-0.25, -0.2) is 54.3 Å². The van der Waals surface area contributed by atoms with Crippen LogP contribution < -0.4 is 97.5 Å². The van der Waals surface area contributed by atoms with Gasteiger partial charge in [-0.2, -0.15) is 19.9 Å². The highest BCUT2D eigenvalue weighted by atomic mass is 32.7. The molecule has 0 bridgehead atoms. The molecule has 0 radical (unpaired) electrons. The van der Waals surface area contributed by atoms with Crippen LogP contribution in [-0.2, 0) is 180 Å². The summed E-state index contributed by atoms with van der Waals surface area (Å²) in [5.74, 6) is -0.827. The number of nitrogens with zero attached hydrogens (tertiary/aromatic N) is 19. The van der Waals surface area contributed by atoms with E-state index in [0.717, 1.165) is 32.6 Å². The van der Waals surface area contributed by atoms with Crippen LogP contribution in [0.15, 0.2) is 85.3 Å². The fraction of sp³-hybridized carbons (Fsp3) is 0.543. The smallest absolute Gasteiger partial charge is 0.351 e. The molecular formula is C70H84N28O34P7S7-7. The molecule has 18 heterocycles. The fourth-order valence-corrected chi connectivity index (χ4v) is 26.7. The maximum absolute atomic E-state index is 15.1. The van der Waals surface area contributed by atoms with Crippen molar-refractivity contribution in [1.82, 2.24) is 107 Å². The molecule has 11 aromatic heterocycles. The molecule has 792 valence electrons. The molecule has 11 aromatic rings. The van der Waals surface area contributed by atoms with Crippen LogP contribution in [0, 0.1) is 20.8 Å². The molecule has 146 heavy (non-hydrogen) atoms. The molecule has 0 amide bonds. The number of nitrogen functional groups attached to an aromatic ring is 6. The quantitative estimate of drug-likeness (QED) is 0.0131. The molecule has 0 aliphatic carbocycles. The van der Waals surface area contributed by atoms with Gasteiger partial charge in [-0.3, -0.25) is 65.9 Å². The maximum atomic E-state index is 15.1. The van der Waals surface area contributed by atoms with Gasteiger partial charge in [0.05, 0.1) is 114 Å². The van der Waals surface area contributed by atoms with Gasteiger partial charge >= 0.3 is 17.1 Å². The van der Waals surface area contributed by atoms with Gasteiger partial charge in [0.25, 0.3) is 16.7 Å². The molecule has 7 aliphatic rings. The number of hydrogen-bond acceptors (Lipinski definition) is 58. The summed E-state index contributed by atoms with van der Waals surface area (Å²) in [4.78, 5) is 232. The summed E-state index contributed by atoms with van der Waals surface area (Å²) in [6.45, 7) is -33.1. The summed E-state index contributed by atoms with van der Waals surface area (Å²) >= 11 is 37.7. The molecule has 76 heteroatoms. The average Bonchev–Trinajstić information content (AvgIpc) is 1.56. The molecule has 0 saturated carbocycles. The van der Waals surface area contributed by atoms with Crippen LogP contribution >= 0.6 is 47.1 Å². The Balaban J connectivity index is 0.559. The molecule has 28 atom stereocenters. The van der Waals surface area contributed by atoms with Crippen molar-refractivity contribution in [2.24, 2.45) is 0 Å². The minimum atomic E-state index is -5.03. The molecule has 16 N–H and O–H groups in total. The summed E-state index contributed by atoms with van der Waals surface area (Å²) in [6.07, 6.45) is -19.5. The van der Waals surface area contributed by atoms with E-state index in [9.17, 15) is 57.8 Å². The number of aromatic nitrogens is 22. The molecule has 62 nitrogen and oxygen atoms in total. The number of anilines is 6. The standard InChI is InChI=1S/C70H91N28O34P7S7/c1-27-12-92(68(102)85-55(27)71)44-7-33(39(120-44)16-113-134(107,141)127-31-5-47(119-30(31)4)97-25-83-53-61(97)87-66(75)89-64(53)100)128-136(109,143)115-17-40-34(8-45(121-40)93-13-28(2)56(72)86-69(93)103)129-137(110,144)117-19-42-36(10-49(124-42)96-24-82-52-58(74)78-22-80-60(52)96)131-139(112,146)118-20-43-37(11-50(125-43)98-26-84-54-62(98)88-67(76)90-65(54)101)132-138(111,145)116-18-41-35(9-46(122-41)94-14-29(3)63(99)91-70(94)104)130-135(108,142)114-15-38-32(126-133(105,106)140)6-48(123-38)95-23-81-51-57(73)77-21-79-59(51)95/h12-14,21-26,30-50H,5-11,15-20H2,1-4H3,(H,107,141)(H,108,142)(H,109,143)(H,110,144)(H,111,145)(H,112,146)(H2,71,85,102)(H2,72,86,103)(H2,73,77,79)(H2,74,78,80)(H,91,99,104)(H2,105,106,140)(H3,75,87,89,100)(H3,76,88,90,101)/p-7/t30-,31-,32-,33-,34-,35-,36-,37-,38-,39-,40-,41-,42-,43-,44-,45-,46-,47-,48-,49-,50-,134?,135?,136?,137?,138?,139?/m1/s1. The van der Waals surface area contributed by atoms with Crippen molar-refractivity contribution in [2.75, 3.05) is 74.0 Å². The molecule has 0 aromatic carbocycles. The number of aromatic amines is 3. The molecule has 0 spiro atoms. The number of hydrogen-bond donors (Lipinski definition) is 10. The largest absolute Gasteiger partial charge is 0.780 e. The summed E-state index contributed by atoms with van der Waals surface area (Å²) in [6, 6.07) is 0. The van der Waals surface area contributed by atoms with Gasteiger partial charge in [0, 0.05) is 80.2 Å². The lowest BCUT2D eigenvalue weighted by molar-refractivity contribution is -0.221. The highest BCUT2D eigenvalue weighted by Gasteiger charge is 2.49. The zero-order chi connectivity index (χ0) is 104. The van der Waals surface area contributed by atoms with Crippen LogP contribution in [0.25, 0.3) is 44.7 Å². The van der Waals surface area contributed by atoms with Crippen LogP contribution in [0.5, 0.6) is 0 Å².